The Morgan fingerprint density at radius 1 is 1.38 bits per heavy atom. The van der Waals surface area contributed by atoms with Gasteiger partial charge >= 0.3 is 0 Å². The third-order valence-electron chi connectivity index (χ3n) is 4.32. The normalized spacial score (nSPS) is 15.8. The Kier molecular flexibility index (Phi) is 9.25. The standard InChI is InChI=1S/C18H29N3O2.HI/c1-4-19-18(21-11-8-14(2)9-12-21)20-10-7-15-5-6-16(22)17(13-15)23-3;/h5-6,13-14,22H,4,7-12H2,1-3H3,(H,19,20);1H. The van der Waals surface area contributed by atoms with Crippen molar-refractivity contribution >= 4 is 29.9 Å². The Bertz CT molecular complexity index is 529. The molecule has 1 aliphatic heterocycles. The number of nitrogens with zero attached hydrogens (tertiary/aromatic N) is 2. The number of methoxy groups -OCH3 is 1. The van der Waals surface area contributed by atoms with Crippen LogP contribution in [0.25, 0.3) is 0 Å². The van der Waals surface area contributed by atoms with Crippen LogP contribution in [-0.4, -0.2) is 49.3 Å². The first kappa shape index (κ1) is 20.9. The Balaban J connectivity index is 0.00000288. The van der Waals surface area contributed by atoms with Crippen LogP contribution in [0.15, 0.2) is 23.2 Å². The highest BCUT2D eigenvalue weighted by atomic mass is 127. The van der Waals surface area contributed by atoms with Crippen LogP contribution in [0.5, 0.6) is 11.5 Å². The number of phenols is 1. The monoisotopic (exact) mass is 447 g/mol. The van der Waals surface area contributed by atoms with E-state index in [1.807, 2.05) is 12.1 Å². The summed E-state index contributed by atoms with van der Waals surface area (Å²) < 4.78 is 5.15. The quantitative estimate of drug-likeness (QED) is 0.414. The van der Waals surface area contributed by atoms with Crippen molar-refractivity contribution in [3.05, 3.63) is 23.8 Å². The Hall–Kier alpha value is -1.18. The maximum atomic E-state index is 9.64. The lowest BCUT2D eigenvalue weighted by Gasteiger charge is -2.33. The van der Waals surface area contributed by atoms with Gasteiger partial charge in [-0.25, -0.2) is 0 Å². The van der Waals surface area contributed by atoms with Gasteiger partial charge in [-0.05, 0) is 49.8 Å². The molecule has 1 aliphatic rings. The fourth-order valence-electron chi connectivity index (χ4n) is 2.81. The maximum Gasteiger partial charge on any atom is 0.193 e. The summed E-state index contributed by atoms with van der Waals surface area (Å²) in [4.78, 5) is 7.13. The zero-order valence-corrected chi connectivity index (χ0v) is 17.2. The third kappa shape index (κ3) is 6.03. The summed E-state index contributed by atoms with van der Waals surface area (Å²) in [5.74, 6) is 2.53. The van der Waals surface area contributed by atoms with E-state index in [-0.39, 0.29) is 29.7 Å². The van der Waals surface area contributed by atoms with Crippen LogP contribution < -0.4 is 10.1 Å². The fraction of sp³-hybridized carbons (Fsp3) is 0.611. The van der Waals surface area contributed by atoms with Gasteiger partial charge in [0.2, 0.25) is 0 Å². The molecule has 2 rings (SSSR count). The summed E-state index contributed by atoms with van der Waals surface area (Å²) in [5, 5.41) is 13.0. The highest BCUT2D eigenvalue weighted by Gasteiger charge is 2.18. The predicted octanol–water partition coefficient (Wildman–Crippen LogP) is 3.26. The van der Waals surface area contributed by atoms with Crippen molar-refractivity contribution < 1.29 is 9.84 Å². The number of hydrogen-bond donors (Lipinski definition) is 2. The number of piperidine rings is 1. The predicted molar refractivity (Wildman–Crippen MR) is 110 cm³/mol. The molecule has 0 radical (unpaired) electrons. The Morgan fingerprint density at radius 2 is 2.08 bits per heavy atom. The van der Waals surface area contributed by atoms with Crippen molar-refractivity contribution in [1.82, 2.24) is 10.2 Å². The minimum absolute atomic E-state index is 0. The molecular formula is C18H30IN3O2. The molecule has 0 saturated carbocycles. The first-order chi connectivity index (χ1) is 11.1. The number of aliphatic imine (C=N–C) groups is 1. The van der Waals surface area contributed by atoms with E-state index in [0.717, 1.165) is 50.0 Å². The number of nitrogens with one attached hydrogen (secondary N) is 1. The van der Waals surface area contributed by atoms with Crippen LogP contribution in [0.4, 0.5) is 0 Å². The van der Waals surface area contributed by atoms with Crippen molar-refractivity contribution in [2.24, 2.45) is 10.9 Å². The number of phenolic OH excluding ortho intramolecular Hbond substituents is 1. The van der Waals surface area contributed by atoms with Gasteiger partial charge in [-0.2, -0.15) is 0 Å². The molecule has 1 heterocycles. The SMILES string of the molecule is CCNC(=NCCc1ccc(O)c(OC)c1)N1CCC(C)CC1.I. The summed E-state index contributed by atoms with van der Waals surface area (Å²) in [6.07, 6.45) is 3.30. The van der Waals surface area contributed by atoms with Crippen molar-refractivity contribution in [2.75, 3.05) is 33.3 Å². The number of benzene rings is 1. The lowest BCUT2D eigenvalue weighted by molar-refractivity contribution is 0.273. The van der Waals surface area contributed by atoms with Crippen molar-refractivity contribution in [2.45, 2.75) is 33.1 Å². The van der Waals surface area contributed by atoms with E-state index >= 15 is 0 Å². The van der Waals surface area contributed by atoms with Gasteiger partial charge in [-0.3, -0.25) is 4.99 Å². The summed E-state index contributed by atoms with van der Waals surface area (Å²) in [5.41, 5.74) is 1.12. The van der Waals surface area contributed by atoms with E-state index in [2.05, 4.69) is 24.1 Å². The first-order valence-electron chi connectivity index (χ1n) is 8.53. The summed E-state index contributed by atoms with van der Waals surface area (Å²) in [6, 6.07) is 5.47. The Labute approximate surface area is 162 Å². The molecule has 0 unspecified atom stereocenters. The molecule has 6 heteroatoms. The maximum absolute atomic E-state index is 9.64. The van der Waals surface area contributed by atoms with E-state index in [1.165, 1.54) is 12.8 Å². The van der Waals surface area contributed by atoms with Gasteiger partial charge in [0.15, 0.2) is 17.5 Å². The second-order valence-electron chi connectivity index (χ2n) is 6.16. The zero-order valence-electron chi connectivity index (χ0n) is 14.9. The smallest absolute Gasteiger partial charge is 0.193 e. The molecule has 1 aromatic rings. The van der Waals surface area contributed by atoms with E-state index < -0.39 is 0 Å². The van der Waals surface area contributed by atoms with E-state index in [0.29, 0.717) is 5.75 Å². The second kappa shape index (κ2) is 10.6. The fourth-order valence-corrected chi connectivity index (χ4v) is 2.81. The molecule has 1 fully saturated rings. The summed E-state index contributed by atoms with van der Waals surface area (Å²) in [6.45, 7) is 8.20. The van der Waals surface area contributed by atoms with Crippen LogP contribution in [0.3, 0.4) is 0 Å². The molecule has 2 N–H and O–H groups in total. The van der Waals surface area contributed by atoms with Crippen LogP contribution in [0.2, 0.25) is 0 Å². The first-order valence-corrected chi connectivity index (χ1v) is 8.53. The number of hydrogen-bond acceptors (Lipinski definition) is 3. The van der Waals surface area contributed by atoms with Gasteiger partial charge < -0.3 is 20.1 Å². The number of ether oxygens (including phenoxy) is 1. The third-order valence-corrected chi connectivity index (χ3v) is 4.32. The number of likely N-dealkylation sites (tertiary alicyclic amines) is 1. The summed E-state index contributed by atoms with van der Waals surface area (Å²) >= 11 is 0. The van der Waals surface area contributed by atoms with Crippen LogP contribution in [0, 0.1) is 5.92 Å². The molecular weight excluding hydrogens is 417 g/mol. The van der Waals surface area contributed by atoms with Crippen molar-refractivity contribution in [3.63, 3.8) is 0 Å². The second-order valence-corrected chi connectivity index (χ2v) is 6.16. The molecule has 1 aromatic carbocycles. The molecule has 0 bridgehead atoms. The van der Waals surface area contributed by atoms with E-state index in [1.54, 1.807) is 13.2 Å². The highest BCUT2D eigenvalue weighted by Crippen LogP contribution is 2.26. The van der Waals surface area contributed by atoms with Gasteiger partial charge in [0, 0.05) is 26.2 Å². The molecule has 5 nitrogen and oxygen atoms in total. The van der Waals surface area contributed by atoms with Crippen molar-refractivity contribution in [1.29, 1.82) is 0 Å². The molecule has 136 valence electrons. The molecule has 1 saturated heterocycles. The molecule has 0 spiro atoms. The lowest BCUT2D eigenvalue weighted by atomic mass is 10.00. The molecule has 0 aliphatic carbocycles. The molecule has 0 atom stereocenters. The van der Waals surface area contributed by atoms with Crippen LogP contribution in [-0.2, 0) is 6.42 Å². The van der Waals surface area contributed by atoms with Gasteiger partial charge in [0.1, 0.15) is 0 Å². The average molecular weight is 447 g/mol. The molecule has 24 heavy (non-hydrogen) atoms. The van der Waals surface area contributed by atoms with Gasteiger partial charge in [0.25, 0.3) is 0 Å². The number of halogens is 1. The number of aromatic hydroxyl groups is 1. The van der Waals surface area contributed by atoms with Crippen LogP contribution >= 0.6 is 24.0 Å². The van der Waals surface area contributed by atoms with Gasteiger partial charge in [-0.15, -0.1) is 24.0 Å². The van der Waals surface area contributed by atoms with Gasteiger partial charge in [0.05, 0.1) is 7.11 Å². The van der Waals surface area contributed by atoms with E-state index in [9.17, 15) is 5.11 Å². The van der Waals surface area contributed by atoms with E-state index in [4.69, 9.17) is 9.73 Å². The minimum atomic E-state index is 0. The van der Waals surface area contributed by atoms with Gasteiger partial charge in [-0.1, -0.05) is 13.0 Å². The topological polar surface area (TPSA) is 57.1 Å². The minimum Gasteiger partial charge on any atom is -0.504 e. The number of rotatable bonds is 5. The number of guanidine groups is 1. The lowest BCUT2D eigenvalue weighted by Crippen LogP contribution is -2.45. The molecule has 0 amide bonds. The molecule has 0 aromatic heterocycles. The largest absolute Gasteiger partial charge is 0.504 e. The average Bonchev–Trinajstić information content (AvgIpc) is 2.56. The van der Waals surface area contributed by atoms with Crippen molar-refractivity contribution in [3.8, 4) is 11.5 Å². The summed E-state index contributed by atoms with van der Waals surface area (Å²) in [7, 11) is 1.57. The van der Waals surface area contributed by atoms with Crippen LogP contribution in [0.1, 0.15) is 32.3 Å². The highest BCUT2D eigenvalue weighted by molar-refractivity contribution is 14.0. The Morgan fingerprint density at radius 3 is 2.71 bits per heavy atom. The zero-order chi connectivity index (χ0) is 16.7.